The van der Waals surface area contributed by atoms with Crippen molar-refractivity contribution in [3.63, 3.8) is 0 Å². The van der Waals surface area contributed by atoms with E-state index in [0.717, 1.165) is 17.9 Å². The second kappa shape index (κ2) is 8.16. The van der Waals surface area contributed by atoms with Gasteiger partial charge in [-0.3, -0.25) is 19.2 Å². The predicted molar refractivity (Wildman–Crippen MR) is 102 cm³/mol. The Morgan fingerprint density at radius 2 is 1.86 bits per heavy atom. The highest BCUT2D eigenvalue weighted by atomic mass is 16.7. The zero-order valence-electron chi connectivity index (χ0n) is 17.6. The number of fused-ring (bicyclic) bond motifs is 5. The largest absolute Gasteiger partial charge is 0.396 e. The fourth-order valence-electron chi connectivity index (χ4n) is 4.66. The highest BCUT2D eigenvalue weighted by molar-refractivity contribution is 6.05. The van der Waals surface area contributed by atoms with Crippen LogP contribution in [-0.2, 0) is 24.0 Å². The Morgan fingerprint density at radius 3 is 2.45 bits per heavy atom. The van der Waals surface area contributed by atoms with Gasteiger partial charge in [0.15, 0.2) is 0 Å². The van der Waals surface area contributed by atoms with Crippen LogP contribution in [0.1, 0.15) is 46.8 Å². The van der Waals surface area contributed by atoms with Crippen molar-refractivity contribution >= 4 is 17.7 Å². The molecule has 0 spiro atoms. The smallest absolute Gasteiger partial charge is 0.260 e. The Morgan fingerprint density at radius 1 is 1.21 bits per heavy atom. The number of ether oxygens (including phenoxy) is 1. The second-order valence-electron chi connectivity index (χ2n) is 8.66. The van der Waals surface area contributed by atoms with Gasteiger partial charge in [0, 0.05) is 27.5 Å². The maximum Gasteiger partial charge on any atom is 0.260 e. The van der Waals surface area contributed by atoms with Crippen LogP contribution in [0.3, 0.4) is 0 Å². The number of likely N-dealkylation sites (tertiary alicyclic amines) is 1. The summed E-state index contributed by atoms with van der Waals surface area (Å²) in [6, 6.07) is 0. The van der Waals surface area contributed by atoms with E-state index < -0.39 is 11.8 Å². The number of nitrogens with zero attached hydrogens (tertiary/aromatic N) is 2. The summed E-state index contributed by atoms with van der Waals surface area (Å²) in [6.07, 6.45) is 7.02. The molecule has 2 bridgehead atoms. The minimum Gasteiger partial charge on any atom is -0.396 e. The van der Waals surface area contributed by atoms with Gasteiger partial charge in [-0.05, 0) is 31.1 Å². The van der Waals surface area contributed by atoms with Crippen LogP contribution in [0.25, 0.3) is 0 Å². The van der Waals surface area contributed by atoms with E-state index in [0.29, 0.717) is 38.8 Å². The Bertz CT molecular complexity index is 684. The molecule has 3 saturated heterocycles. The number of hydroxylamine groups is 2. The summed E-state index contributed by atoms with van der Waals surface area (Å²) in [4.78, 5) is 44.6. The fourth-order valence-corrected chi connectivity index (χ4v) is 4.66. The van der Waals surface area contributed by atoms with Gasteiger partial charge in [0.25, 0.3) is 11.8 Å². The lowest BCUT2D eigenvalue weighted by molar-refractivity contribution is -0.192. The summed E-state index contributed by atoms with van der Waals surface area (Å²) in [5, 5.41) is 10.4. The minimum absolute atomic E-state index is 0.00684. The van der Waals surface area contributed by atoms with Gasteiger partial charge < -0.3 is 14.7 Å². The number of unbranched alkanes of at least 4 members (excludes halogenated alkanes) is 2. The van der Waals surface area contributed by atoms with E-state index in [1.54, 1.807) is 0 Å². The van der Waals surface area contributed by atoms with Crippen molar-refractivity contribution in [2.45, 2.75) is 57.6 Å². The predicted octanol–water partition coefficient (Wildman–Crippen LogP) is 1.04. The number of aliphatic hydroxyl groups is 1. The molecule has 0 radical (unpaired) electrons. The molecular formula is C21H30N2O6. The van der Waals surface area contributed by atoms with Gasteiger partial charge in [0.2, 0.25) is 5.91 Å². The van der Waals surface area contributed by atoms with Crippen molar-refractivity contribution in [1.29, 1.82) is 0 Å². The van der Waals surface area contributed by atoms with E-state index in [1.807, 2.05) is 17.1 Å². The van der Waals surface area contributed by atoms with Gasteiger partial charge in [-0.1, -0.05) is 25.5 Å². The number of hydrogen-bond donors (Lipinski definition) is 1. The van der Waals surface area contributed by atoms with E-state index in [-0.39, 0.29) is 55.5 Å². The normalized spacial score (nSPS) is 32.8. The first kappa shape index (κ1) is 19.2. The second-order valence-corrected chi connectivity index (χ2v) is 8.66. The summed E-state index contributed by atoms with van der Waals surface area (Å²) in [7, 11) is 0. The molecule has 0 aromatic rings. The average Bonchev–Trinajstić information content (AvgIpc) is 3.45. The third-order valence-corrected chi connectivity index (χ3v) is 6.64. The third kappa shape index (κ3) is 3.85. The van der Waals surface area contributed by atoms with Crippen LogP contribution < -0.4 is 0 Å². The Hall–Kier alpha value is -1.77. The Labute approximate surface area is 172 Å². The lowest BCUT2D eigenvalue weighted by Gasteiger charge is -2.38. The molecule has 0 aromatic carbocycles. The first-order valence-corrected chi connectivity index (χ1v) is 10.5. The molecular weight excluding hydrogens is 376 g/mol. The van der Waals surface area contributed by atoms with Gasteiger partial charge in [-0.25, -0.2) is 0 Å². The maximum atomic E-state index is 12.4. The SMILES string of the molecule is [3H]CC1(CO)CCN(C(=O)CCCCCON2C(=O)C3C4C=CC(O4)C3C2=O)CC1. The number of carbonyl (C=O) groups is 3. The summed E-state index contributed by atoms with van der Waals surface area (Å²) in [6.45, 7) is 1.67. The van der Waals surface area contributed by atoms with Crippen molar-refractivity contribution < 1.29 is 30.4 Å². The van der Waals surface area contributed by atoms with Crippen molar-refractivity contribution in [2.75, 3.05) is 26.3 Å². The number of hydrogen-bond acceptors (Lipinski definition) is 6. The molecule has 4 heterocycles. The van der Waals surface area contributed by atoms with E-state index in [4.69, 9.17) is 10.9 Å². The lowest BCUT2D eigenvalue weighted by atomic mass is 9.81. The molecule has 4 unspecified atom stereocenters. The van der Waals surface area contributed by atoms with Gasteiger partial charge in [-0.2, -0.15) is 5.06 Å². The zero-order valence-corrected chi connectivity index (χ0v) is 16.6. The monoisotopic (exact) mass is 408 g/mol. The van der Waals surface area contributed by atoms with Gasteiger partial charge >= 0.3 is 0 Å². The summed E-state index contributed by atoms with van der Waals surface area (Å²) in [5.74, 6) is -1.42. The molecule has 4 aliphatic heterocycles. The molecule has 0 saturated carbocycles. The van der Waals surface area contributed by atoms with Gasteiger partial charge in [-0.15, -0.1) is 0 Å². The number of carbonyl (C=O) groups excluding carboxylic acids is 3. The van der Waals surface area contributed by atoms with Crippen LogP contribution in [0.4, 0.5) is 0 Å². The van der Waals surface area contributed by atoms with Gasteiger partial charge in [0.1, 0.15) is 0 Å². The molecule has 3 amide bonds. The third-order valence-electron chi connectivity index (χ3n) is 6.64. The maximum absolute atomic E-state index is 12.4. The number of amides is 3. The summed E-state index contributed by atoms with van der Waals surface area (Å²) >= 11 is 0. The highest BCUT2D eigenvalue weighted by Gasteiger charge is 2.61. The molecule has 29 heavy (non-hydrogen) atoms. The van der Waals surface area contributed by atoms with E-state index in [2.05, 4.69) is 0 Å². The van der Waals surface area contributed by atoms with Crippen LogP contribution in [-0.4, -0.2) is 71.3 Å². The van der Waals surface area contributed by atoms with E-state index in [9.17, 15) is 19.5 Å². The van der Waals surface area contributed by atoms with Crippen molar-refractivity contribution in [2.24, 2.45) is 17.3 Å². The summed E-state index contributed by atoms with van der Waals surface area (Å²) < 4.78 is 13.2. The van der Waals surface area contributed by atoms with Crippen molar-refractivity contribution in [1.82, 2.24) is 9.96 Å². The van der Waals surface area contributed by atoms with Gasteiger partial charge in [0.05, 0.1) is 30.7 Å². The number of imide groups is 1. The Balaban J connectivity index is 1.11. The first-order valence-electron chi connectivity index (χ1n) is 11.2. The standard InChI is InChI=1S/C21H30N2O6/c1-21(13-24)8-10-22(11-9-21)16(25)5-3-2-4-12-28-23-19(26)17-14-6-7-15(29-14)18(17)20(23)27/h6-7,14-15,17-18,24H,2-5,8-13H2,1H3/i1T. The van der Waals surface area contributed by atoms with Crippen LogP contribution in [0.5, 0.6) is 0 Å². The van der Waals surface area contributed by atoms with Crippen LogP contribution in [0.15, 0.2) is 12.2 Å². The average molecular weight is 408 g/mol. The molecule has 1 N–H and O–H groups in total. The van der Waals surface area contributed by atoms with Crippen molar-refractivity contribution in [3.05, 3.63) is 12.2 Å². The van der Waals surface area contributed by atoms with E-state index in [1.165, 1.54) is 0 Å². The molecule has 4 atom stereocenters. The quantitative estimate of drug-likeness (QED) is 0.366. The Kier molecular flexibility index (Phi) is 5.41. The zero-order chi connectivity index (χ0) is 21.3. The number of piperidine rings is 1. The number of aliphatic hydroxyl groups excluding tert-OH is 1. The first-order chi connectivity index (χ1) is 14.5. The molecule has 3 fully saturated rings. The molecule has 160 valence electrons. The number of rotatable bonds is 8. The lowest BCUT2D eigenvalue weighted by Crippen LogP contribution is -2.43. The van der Waals surface area contributed by atoms with Crippen molar-refractivity contribution in [3.8, 4) is 0 Å². The van der Waals surface area contributed by atoms with Crippen LogP contribution >= 0.6 is 0 Å². The minimum atomic E-state index is -0.450. The van der Waals surface area contributed by atoms with Crippen LogP contribution in [0.2, 0.25) is 0 Å². The molecule has 8 nitrogen and oxygen atoms in total. The van der Waals surface area contributed by atoms with E-state index >= 15 is 0 Å². The topological polar surface area (TPSA) is 96.4 Å². The molecule has 0 aromatic heterocycles. The molecule has 0 aliphatic carbocycles. The molecule has 4 aliphatic rings. The van der Waals surface area contributed by atoms with Crippen LogP contribution in [0, 0.1) is 17.3 Å². The fraction of sp³-hybridized carbons (Fsp3) is 0.762. The molecule has 8 heteroatoms. The molecule has 4 rings (SSSR count). The summed E-state index contributed by atoms with van der Waals surface area (Å²) in [5.41, 5.74) is -0.348. The highest BCUT2D eigenvalue weighted by Crippen LogP contribution is 2.45.